The zero-order valence-corrected chi connectivity index (χ0v) is 13.8. The third-order valence-corrected chi connectivity index (χ3v) is 4.39. The molecular formula is C17H21N5O2. The molecule has 4 rings (SSSR count). The van der Waals surface area contributed by atoms with Crippen molar-refractivity contribution in [3.63, 3.8) is 0 Å². The molecule has 0 amide bonds. The number of aromatic nitrogens is 4. The molecule has 7 nitrogen and oxygen atoms in total. The van der Waals surface area contributed by atoms with E-state index in [4.69, 9.17) is 9.15 Å². The monoisotopic (exact) mass is 327 g/mol. The minimum atomic E-state index is -0.00410. The van der Waals surface area contributed by atoms with Gasteiger partial charge in [-0.05, 0) is 25.1 Å². The van der Waals surface area contributed by atoms with E-state index in [-0.39, 0.29) is 6.10 Å². The summed E-state index contributed by atoms with van der Waals surface area (Å²) in [6, 6.07) is 7.89. The maximum atomic E-state index is 5.84. The summed E-state index contributed by atoms with van der Waals surface area (Å²) in [5.41, 5.74) is 1.79. The first-order valence-corrected chi connectivity index (χ1v) is 8.32. The highest BCUT2D eigenvalue weighted by Gasteiger charge is 2.25. The second kappa shape index (κ2) is 6.70. The summed E-state index contributed by atoms with van der Waals surface area (Å²) < 4.78 is 13.5. The van der Waals surface area contributed by atoms with Gasteiger partial charge in [0.05, 0.1) is 6.61 Å². The summed E-state index contributed by atoms with van der Waals surface area (Å²) in [4.78, 5) is 6.94. The summed E-state index contributed by atoms with van der Waals surface area (Å²) in [5.74, 6) is 1.70. The first kappa shape index (κ1) is 15.3. The zero-order valence-electron chi connectivity index (χ0n) is 13.8. The maximum Gasteiger partial charge on any atom is 0.195 e. The molecule has 0 spiro atoms. The number of nitrogens with zero attached hydrogens (tertiary/aromatic N) is 5. The lowest BCUT2D eigenvalue weighted by Crippen LogP contribution is -2.39. The average Bonchev–Trinajstić information content (AvgIpc) is 3.20. The Balaban J connectivity index is 1.31. The van der Waals surface area contributed by atoms with Gasteiger partial charge in [0.1, 0.15) is 17.9 Å². The number of hydrogen-bond donors (Lipinski definition) is 0. The summed E-state index contributed by atoms with van der Waals surface area (Å²) in [5, 5.41) is 8.10. The summed E-state index contributed by atoms with van der Waals surface area (Å²) in [7, 11) is 1.95. The van der Waals surface area contributed by atoms with Crippen molar-refractivity contribution < 1.29 is 9.15 Å². The van der Waals surface area contributed by atoms with Crippen LogP contribution in [0.15, 0.2) is 35.0 Å². The predicted molar refractivity (Wildman–Crippen MR) is 88.5 cm³/mol. The number of ether oxygens (including phenoxy) is 1. The van der Waals surface area contributed by atoms with E-state index in [0.29, 0.717) is 0 Å². The van der Waals surface area contributed by atoms with Crippen LogP contribution in [0.3, 0.4) is 0 Å². The van der Waals surface area contributed by atoms with Crippen molar-refractivity contribution in [1.29, 1.82) is 0 Å². The van der Waals surface area contributed by atoms with Crippen molar-refractivity contribution in [2.24, 2.45) is 7.05 Å². The van der Waals surface area contributed by atoms with Crippen molar-refractivity contribution in [3.8, 4) is 0 Å². The Morgan fingerprint density at radius 2 is 2.21 bits per heavy atom. The quantitative estimate of drug-likeness (QED) is 0.713. The van der Waals surface area contributed by atoms with E-state index >= 15 is 0 Å². The van der Waals surface area contributed by atoms with Crippen LogP contribution in [-0.4, -0.2) is 50.9 Å². The summed E-state index contributed by atoms with van der Waals surface area (Å²) in [6.45, 7) is 3.51. The van der Waals surface area contributed by atoms with Crippen LogP contribution in [0.4, 0.5) is 0 Å². The highest BCUT2D eigenvalue weighted by molar-refractivity contribution is 5.72. The lowest BCUT2D eigenvalue weighted by molar-refractivity contribution is -0.0359. The smallest absolute Gasteiger partial charge is 0.195 e. The first-order valence-electron chi connectivity index (χ1n) is 8.32. The Morgan fingerprint density at radius 1 is 1.29 bits per heavy atom. The molecule has 1 unspecified atom stereocenters. The van der Waals surface area contributed by atoms with Gasteiger partial charge in [0.25, 0.3) is 0 Å². The van der Waals surface area contributed by atoms with Gasteiger partial charge in [0.15, 0.2) is 17.3 Å². The molecule has 1 fully saturated rings. The number of para-hydroxylation sites is 2. The van der Waals surface area contributed by atoms with Crippen LogP contribution in [0.25, 0.3) is 11.1 Å². The van der Waals surface area contributed by atoms with Crippen LogP contribution in [0.2, 0.25) is 0 Å². The normalized spacial score (nSPS) is 19.1. The fourth-order valence-corrected chi connectivity index (χ4v) is 3.13. The summed E-state index contributed by atoms with van der Waals surface area (Å²) in [6.07, 6.45) is 3.57. The Kier molecular flexibility index (Phi) is 4.27. The van der Waals surface area contributed by atoms with Crippen molar-refractivity contribution in [2.75, 3.05) is 26.2 Å². The molecule has 1 aromatic carbocycles. The van der Waals surface area contributed by atoms with Crippen molar-refractivity contribution >= 4 is 11.1 Å². The average molecular weight is 327 g/mol. The van der Waals surface area contributed by atoms with Crippen molar-refractivity contribution in [2.45, 2.75) is 18.9 Å². The van der Waals surface area contributed by atoms with Crippen LogP contribution in [0.5, 0.6) is 0 Å². The molecule has 0 radical (unpaired) electrons. The van der Waals surface area contributed by atoms with Crippen LogP contribution in [-0.2, 0) is 18.2 Å². The maximum absolute atomic E-state index is 5.84. The molecule has 0 bridgehead atoms. The summed E-state index contributed by atoms with van der Waals surface area (Å²) >= 11 is 0. The molecule has 0 saturated carbocycles. The van der Waals surface area contributed by atoms with Crippen LogP contribution in [0, 0.1) is 0 Å². The van der Waals surface area contributed by atoms with Crippen LogP contribution in [0.1, 0.15) is 24.2 Å². The Bertz CT molecular complexity index is 779. The molecule has 2 aromatic heterocycles. The standard InChI is InChI=1S/C17H21N5O2/c1-21-12-18-20-17(21)15-11-22(9-10-23-15)8-4-7-16-19-13-5-2-3-6-14(13)24-16/h2-3,5-6,12,15H,4,7-11H2,1H3. The molecule has 3 heterocycles. The molecule has 24 heavy (non-hydrogen) atoms. The Morgan fingerprint density at radius 3 is 3.04 bits per heavy atom. The molecule has 1 saturated heterocycles. The van der Waals surface area contributed by atoms with E-state index in [9.17, 15) is 0 Å². The fraction of sp³-hybridized carbons (Fsp3) is 0.471. The van der Waals surface area contributed by atoms with Crippen molar-refractivity contribution in [1.82, 2.24) is 24.6 Å². The van der Waals surface area contributed by atoms with Gasteiger partial charge in [-0.15, -0.1) is 10.2 Å². The number of rotatable bonds is 5. The molecule has 3 aromatic rings. The molecule has 0 aliphatic carbocycles. The zero-order chi connectivity index (χ0) is 16.4. The van der Waals surface area contributed by atoms with Gasteiger partial charge in [-0.1, -0.05) is 12.1 Å². The number of morpholine rings is 1. The molecule has 1 aliphatic heterocycles. The molecule has 7 heteroatoms. The van der Waals surface area contributed by atoms with Gasteiger partial charge >= 0.3 is 0 Å². The predicted octanol–water partition coefficient (Wildman–Crippen LogP) is 1.96. The number of aryl methyl sites for hydroxylation is 2. The topological polar surface area (TPSA) is 69.2 Å². The number of oxazole rings is 1. The van der Waals surface area contributed by atoms with Crippen LogP contribution >= 0.6 is 0 Å². The highest BCUT2D eigenvalue weighted by Crippen LogP contribution is 2.20. The van der Waals surface area contributed by atoms with Crippen LogP contribution < -0.4 is 0 Å². The molecule has 1 aliphatic rings. The highest BCUT2D eigenvalue weighted by atomic mass is 16.5. The number of hydrogen-bond acceptors (Lipinski definition) is 6. The number of fused-ring (bicyclic) bond motifs is 1. The van der Waals surface area contributed by atoms with E-state index in [2.05, 4.69) is 20.1 Å². The molecular weight excluding hydrogens is 306 g/mol. The molecule has 0 N–H and O–H groups in total. The van der Waals surface area contributed by atoms with Gasteiger partial charge in [-0.3, -0.25) is 4.90 Å². The minimum absolute atomic E-state index is 0.00410. The lowest BCUT2D eigenvalue weighted by Gasteiger charge is -2.32. The fourth-order valence-electron chi connectivity index (χ4n) is 3.13. The van der Waals surface area contributed by atoms with E-state index in [1.54, 1.807) is 6.33 Å². The Hall–Kier alpha value is -2.25. The van der Waals surface area contributed by atoms with Gasteiger partial charge in [0.2, 0.25) is 0 Å². The van der Waals surface area contributed by atoms with E-state index in [0.717, 1.165) is 61.9 Å². The second-order valence-corrected chi connectivity index (χ2v) is 6.14. The van der Waals surface area contributed by atoms with Gasteiger partial charge < -0.3 is 13.7 Å². The minimum Gasteiger partial charge on any atom is -0.441 e. The SMILES string of the molecule is Cn1cnnc1C1CN(CCCc2nc3ccccc3o2)CCO1. The second-order valence-electron chi connectivity index (χ2n) is 6.14. The Labute approximate surface area is 140 Å². The third kappa shape index (κ3) is 3.18. The largest absolute Gasteiger partial charge is 0.441 e. The van der Waals surface area contributed by atoms with E-state index in [1.165, 1.54) is 0 Å². The van der Waals surface area contributed by atoms with Gasteiger partial charge in [0, 0.05) is 26.6 Å². The molecule has 126 valence electrons. The molecule has 1 atom stereocenters. The van der Waals surface area contributed by atoms with Gasteiger partial charge in [-0.25, -0.2) is 4.98 Å². The van der Waals surface area contributed by atoms with Gasteiger partial charge in [-0.2, -0.15) is 0 Å². The lowest BCUT2D eigenvalue weighted by atomic mass is 10.2. The van der Waals surface area contributed by atoms with E-state index in [1.807, 2.05) is 35.9 Å². The number of benzene rings is 1. The first-order chi connectivity index (χ1) is 11.8. The van der Waals surface area contributed by atoms with E-state index < -0.39 is 0 Å². The van der Waals surface area contributed by atoms with Crippen molar-refractivity contribution in [3.05, 3.63) is 42.3 Å². The third-order valence-electron chi connectivity index (χ3n) is 4.39.